The number of carbonyl (C=O) groups is 4. The Hall–Kier alpha value is -4.45. The molecule has 1 saturated heterocycles. The van der Waals surface area contributed by atoms with Crippen LogP contribution in [0.1, 0.15) is 5.56 Å². The smallest absolute Gasteiger partial charge is 0.341 e. The third-order valence-electron chi connectivity index (χ3n) is 4.32. The van der Waals surface area contributed by atoms with Gasteiger partial charge in [-0.2, -0.15) is 0 Å². The predicted octanol–water partition coefficient (Wildman–Crippen LogP) is 2.39. The van der Waals surface area contributed by atoms with Crippen molar-refractivity contribution in [3.05, 3.63) is 62.7 Å². The average molecular weight is 476 g/mol. The predicted molar refractivity (Wildman–Crippen MR) is 113 cm³/mol. The first-order valence-electron chi connectivity index (χ1n) is 9.00. The van der Waals surface area contributed by atoms with Gasteiger partial charge in [0.1, 0.15) is 5.57 Å². The maximum Gasteiger partial charge on any atom is 0.341 e. The average Bonchev–Trinajstić information content (AvgIpc) is 2.75. The van der Waals surface area contributed by atoms with E-state index in [1.54, 1.807) is 0 Å². The number of carboxylic acids is 1. The molecule has 2 N–H and O–H groups in total. The molecule has 1 heterocycles. The number of ether oxygens (including phenoxy) is 2. The summed E-state index contributed by atoms with van der Waals surface area (Å²) in [6, 6.07) is 6.23. The number of non-ortho nitro benzene ring substituents is 1. The lowest BCUT2D eigenvalue weighted by Gasteiger charge is -2.26. The molecule has 0 aromatic heterocycles. The highest BCUT2D eigenvalue weighted by molar-refractivity contribution is 6.39. The van der Waals surface area contributed by atoms with E-state index in [2.05, 4.69) is 0 Å². The molecule has 0 aliphatic carbocycles. The van der Waals surface area contributed by atoms with E-state index in [0.717, 1.165) is 18.2 Å². The zero-order valence-corrected chi connectivity index (χ0v) is 17.5. The topological polar surface area (TPSA) is 165 Å². The maximum atomic E-state index is 12.9. The Bertz CT molecular complexity index is 1210. The van der Waals surface area contributed by atoms with Crippen LogP contribution in [0.3, 0.4) is 0 Å². The van der Waals surface area contributed by atoms with Gasteiger partial charge in [-0.05, 0) is 35.9 Å². The van der Waals surface area contributed by atoms with Crippen molar-refractivity contribution in [2.24, 2.45) is 0 Å². The molecule has 4 amide bonds. The molecule has 1 fully saturated rings. The minimum absolute atomic E-state index is 0.00883. The number of barbiturate groups is 1. The van der Waals surface area contributed by atoms with Gasteiger partial charge in [0.05, 0.1) is 22.7 Å². The molecule has 0 radical (unpaired) electrons. The number of methoxy groups -OCH3 is 1. The number of aliphatic carboxylic acids is 1. The molecular weight excluding hydrogens is 462 g/mol. The molecular formula is C20H14ClN3O9. The number of hydrogen-bond acceptors (Lipinski definition) is 8. The van der Waals surface area contributed by atoms with Crippen LogP contribution in [0.2, 0.25) is 5.02 Å². The fourth-order valence-electron chi connectivity index (χ4n) is 2.88. The molecule has 1 aliphatic rings. The number of carbonyl (C=O) groups excluding carboxylic acids is 3. The molecule has 0 spiro atoms. The summed E-state index contributed by atoms with van der Waals surface area (Å²) in [5, 5.41) is 21.6. The molecule has 12 nitrogen and oxygen atoms in total. The van der Waals surface area contributed by atoms with Gasteiger partial charge in [0.15, 0.2) is 18.1 Å². The van der Waals surface area contributed by atoms with Crippen LogP contribution in [0.15, 0.2) is 42.0 Å². The van der Waals surface area contributed by atoms with Crippen molar-refractivity contribution in [2.45, 2.75) is 0 Å². The molecule has 0 bridgehead atoms. The number of nitro benzene ring substituents is 1. The van der Waals surface area contributed by atoms with Crippen LogP contribution in [0.4, 0.5) is 16.2 Å². The molecule has 0 saturated carbocycles. The van der Waals surface area contributed by atoms with Crippen molar-refractivity contribution < 1.29 is 38.7 Å². The summed E-state index contributed by atoms with van der Waals surface area (Å²) < 4.78 is 10.2. The molecule has 2 aromatic carbocycles. The minimum atomic E-state index is -1.24. The minimum Gasteiger partial charge on any atom is -0.493 e. The molecule has 13 heteroatoms. The highest BCUT2D eigenvalue weighted by atomic mass is 35.5. The Morgan fingerprint density at radius 1 is 1.24 bits per heavy atom. The number of nitro groups is 1. The van der Waals surface area contributed by atoms with E-state index in [1.165, 1.54) is 31.4 Å². The van der Waals surface area contributed by atoms with Gasteiger partial charge >= 0.3 is 12.0 Å². The Kier molecular flexibility index (Phi) is 6.59. The SMILES string of the molecule is COc1cc(/C=C2\C(=O)NC(=O)N(c3ccc([N+](=O)[O-])cc3)C2=O)cc(Cl)c1OCC(=O)O. The zero-order valence-electron chi connectivity index (χ0n) is 16.7. The highest BCUT2D eigenvalue weighted by Gasteiger charge is 2.37. The number of halogens is 1. The quantitative estimate of drug-likeness (QED) is 0.264. The van der Waals surface area contributed by atoms with Crippen LogP contribution >= 0.6 is 11.6 Å². The lowest BCUT2D eigenvalue weighted by Crippen LogP contribution is -2.54. The van der Waals surface area contributed by atoms with Crippen LogP contribution < -0.4 is 19.7 Å². The van der Waals surface area contributed by atoms with Crippen molar-refractivity contribution in [3.63, 3.8) is 0 Å². The monoisotopic (exact) mass is 475 g/mol. The van der Waals surface area contributed by atoms with E-state index in [9.17, 15) is 29.3 Å². The van der Waals surface area contributed by atoms with Crippen LogP contribution in [0.25, 0.3) is 6.08 Å². The van der Waals surface area contributed by atoms with Crippen molar-refractivity contribution in [3.8, 4) is 11.5 Å². The van der Waals surface area contributed by atoms with Gasteiger partial charge in [0, 0.05) is 12.1 Å². The van der Waals surface area contributed by atoms with E-state index in [4.69, 9.17) is 26.2 Å². The second-order valence-electron chi connectivity index (χ2n) is 6.45. The Labute approximate surface area is 190 Å². The van der Waals surface area contributed by atoms with Crippen LogP contribution in [-0.2, 0) is 14.4 Å². The molecule has 0 unspecified atom stereocenters. The van der Waals surface area contributed by atoms with Crippen molar-refractivity contribution in [1.29, 1.82) is 0 Å². The molecule has 33 heavy (non-hydrogen) atoms. The number of benzene rings is 2. The number of amides is 4. The molecule has 0 atom stereocenters. The van der Waals surface area contributed by atoms with E-state index < -0.39 is 40.9 Å². The van der Waals surface area contributed by atoms with Crippen LogP contribution in [0, 0.1) is 10.1 Å². The van der Waals surface area contributed by atoms with Crippen LogP contribution in [-0.4, -0.2) is 47.6 Å². The molecule has 170 valence electrons. The largest absolute Gasteiger partial charge is 0.493 e. The van der Waals surface area contributed by atoms with Gasteiger partial charge in [-0.1, -0.05) is 11.6 Å². The number of anilines is 1. The number of carboxylic acid groups (broad SMARTS) is 1. The van der Waals surface area contributed by atoms with Gasteiger partial charge in [0.2, 0.25) is 0 Å². The first kappa shape index (κ1) is 23.2. The Balaban J connectivity index is 1.98. The summed E-state index contributed by atoms with van der Waals surface area (Å²) in [5.41, 5.74) is -0.446. The number of hydrogen-bond donors (Lipinski definition) is 2. The molecule has 3 rings (SSSR count). The maximum absolute atomic E-state index is 12.9. The summed E-state index contributed by atoms with van der Waals surface area (Å²) in [4.78, 5) is 59.1. The summed E-state index contributed by atoms with van der Waals surface area (Å²) in [7, 11) is 1.28. The summed E-state index contributed by atoms with van der Waals surface area (Å²) >= 11 is 6.14. The normalized spacial score (nSPS) is 14.8. The van der Waals surface area contributed by atoms with Gasteiger partial charge < -0.3 is 14.6 Å². The number of urea groups is 1. The standard InChI is InChI=1S/C20H14ClN3O9/c1-32-15-8-10(7-14(21)17(15)33-9-16(25)26)6-13-18(27)22-20(29)23(19(13)28)11-2-4-12(5-3-11)24(30)31/h2-8H,9H2,1H3,(H,25,26)(H,22,27,29)/b13-6+. The first-order chi connectivity index (χ1) is 15.6. The van der Waals surface area contributed by atoms with Crippen molar-refractivity contribution >= 4 is 52.9 Å². The summed E-state index contributed by atoms with van der Waals surface area (Å²) in [5.74, 6) is -3.18. The summed E-state index contributed by atoms with van der Waals surface area (Å²) in [6.45, 7) is -0.677. The van der Waals surface area contributed by atoms with E-state index in [-0.39, 0.29) is 33.5 Å². The third kappa shape index (κ3) is 4.91. The lowest BCUT2D eigenvalue weighted by molar-refractivity contribution is -0.384. The van der Waals surface area contributed by atoms with Crippen molar-refractivity contribution in [1.82, 2.24) is 5.32 Å². The highest BCUT2D eigenvalue weighted by Crippen LogP contribution is 2.37. The van der Waals surface area contributed by atoms with Crippen LogP contribution in [0.5, 0.6) is 11.5 Å². The fraction of sp³-hybridized carbons (Fsp3) is 0.100. The van der Waals surface area contributed by atoms with Gasteiger partial charge in [-0.3, -0.25) is 25.0 Å². The summed E-state index contributed by atoms with van der Waals surface area (Å²) in [6.07, 6.45) is 1.15. The van der Waals surface area contributed by atoms with Crippen molar-refractivity contribution in [2.75, 3.05) is 18.6 Å². The molecule has 1 aliphatic heterocycles. The number of nitrogens with zero attached hydrogens (tertiary/aromatic N) is 2. The van der Waals surface area contributed by atoms with E-state index in [0.29, 0.717) is 4.90 Å². The van der Waals surface area contributed by atoms with Gasteiger partial charge in [-0.25, -0.2) is 14.5 Å². The number of imide groups is 2. The first-order valence-corrected chi connectivity index (χ1v) is 9.38. The second-order valence-corrected chi connectivity index (χ2v) is 6.86. The van der Waals surface area contributed by atoms with E-state index >= 15 is 0 Å². The third-order valence-corrected chi connectivity index (χ3v) is 4.60. The van der Waals surface area contributed by atoms with Gasteiger partial charge in [-0.15, -0.1) is 0 Å². The fourth-order valence-corrected chi connectivity index (χ4v) is 3.15. The molecule has 2 aromatic rings. The second kappa shape index (κ2) is 9.36. The van der Waals surface area contributed by atoms with E-state index in [1.807, 2.05) is 5.32 Å². The van der Waals surface area contributed by atoms with Gasteiger partial charge in [0.25, 0.3) is 17.5 Å². The zero-order chi connectivity index (χ0) is 24.3. The lowest BCUT2D eigenvalue weighted by atomic mass is 10.1. The Morgan fingerprint density at radius 3 is 2.48 bits per heavy atom. The Morgan fingerprint density at radius 2 is 1.91 bits per heavy atom. The number of rotatable bonds is 7. The number of nitrogens with one attached hydrogen (secondary N) is 1.